The number of nitrogens with zero attached hydrogens (tertiary/aromatic N) is 1. The Morgan fingerprint density at radius 2 is 2.05 bits per heavy atom. The Kier molecular flexibility index (Phi) is 5.14. The predicted octanol–water partition coefficient (Wildman–Crippen LogP) is 3.96. The van der Waals surface area contributed by atoms with Crippen LogP contribution in [-0.4, -0.2) is 4.99 Å². The minimum Gasteiger partial charge on any atom is -0.401 e. The zero-order chi connectivity index (χ0) is 15.5. The summed E-state index contributed by atoms with van der Waals surface area (Å²) in [5, 5.41) is 11.5. The molecule has 3 nitrogen and oxygen atoms in total. The summed E-state index contributed by atoms with van der Waals surface area (Å²) in [6, 6.07) is 5.20. The van der Waals surface area contributed by atoms with Crippen LogP contribution in [0.4, 0.5) is 18.9 Å². The van der Waals surface area contributed by atoms with Gasteiger partial charge in [-0.2, -0.15) is 18.4 Å². The molecule has 20 heavy (non-hydrogen) atoms. The van der Waals surface area contributed by atoms with Gasteiger partial charge in [0.1, 0.15) is 16.6 Å². The number of benzene rings is 1. The van der Waals surface area contributed by atoms with E-state index >= 15 is 0 Å². The summed E-state index contributed by atoms with van der Waals surface area (Å²) in [7, 11) is 0. The molecular formula is C12H9BrF3N3S. The number of nitriles is 1. The Morgan fingerprint density at radius 3 is 2.45 bits per heavy atom. The molecule has 0 radical (unpaired) electrons. The van der Waals surface area contributed by atoms with Crippen molar-refractivity contribution in [3.05, 3.63) is 39.5 Å². The summed E-state index contributed by atoms with van der Waals surface area (Å²) in [6.45, 7) is 1.51. The third-order valence-electron chi connectivity index (χ3n) is 2.27. The highest BCUT2D eigenvalue weighted by molar-refractivity contribution is 9.10. The summed E-state index contributed by atoms with van der Waals surface area (Å²) < 4.78 is 37.6. The van der Waals surface area contributed by atoms with E-state index in [9.17, 15) is 13.2 Å². The van der Waals surface area contributed by atoms with Gasteiger partial charge in [-0.05, 0) is 25.1 Å². The van der Waals surface area contributed by atoms with Crippen LogP contribution in [-0.2, 0) is 6.18 Å². The monoisotopic (exact) mass is 363 g/mol. The average molecular weight is 364 g/mol. The molecule has 0 aromatic heterocycles. The number of thiocarbonyl (C=S) groups is 1. The summed E-state index contributed by atoms with van der Waals surface area (Å²) >= 11 is 7.82. The van der Waals surface area contributed by atoms with Gasteiger partial charge in [0.05, 0.1) is 5.56 Å². The maximum absolute atomic E-state index is 12.6. The van der Waals surface area contributed by atoms with Gasteiger partial charge in [-0.25, -0.2) is 0 Å². The van der Waals surface area contributed by atoms with E-state index in [0.717, 1.165) is 6.07 Å². The van der Waals surface area contributed by atoms with E-state index in [4.69, 9.17) is 23.2 Å². The molecule has 0 heterocycles. The van der Waals surface area contributed by atoms with Crippen molar-refractivity contribution in [2.24, 2.45) is 5.73 Å². The van der Waals surface area contributed by atoms with Crippen LogP contribution in [0, 0.1) is 11.3 Å². The molecule has 0 bridgehead atoms. The van der Waals surface area contributed by atoms with Gasteiger partial charge >= 0.3 is 6.18 Å². The van der Waals surface area contributed by atoms with Crippen molar-refractivity contribution in [3.8, 4) is 6.07 Å². The molecule has 0 saturated heterocycles. The van der Waals surface area contributed by atoms with Gasteiger partial charge in [0.2, 0.25) is 0 Å². The van der Waals surface area contributed by atoms with Crippen LogP contribution in [0.2, 0.25) is 0 Å². The Labute approximate surface area is 127 Å². The Morgan fingerprint density at radius 1 is 1.45 bits per heavy atom. The van der Waals surface area contributed by atoms with E-state index < -0.39 is 11.7 Å². The van der Waals surface area contributed by atoms with Gasteiger partial charge in [0, 0.05) is 15.9 Å². The molecule has 0 unspecified atom stereocenters. The first-order valence-corrected chi connectivity index (χ1v) is 6.41. The number of rotatable bonds is 2. The number of alkyl halides is 3. The molecule has 1 aromatic carbocycles. The summed E-state index contributed by atoms with van der Waals surface area (Å²) in [6.07, 6.45) is -4.44. The maximum atomic E-state index is 12.6. The molecule has 3 N–H and O–H groups in total. The maximum Gasteiger partial charge on any atom is 0.417 e. The molecule has 0 atom stereocenters. The first kappa shape index (κ1) is 16.5. The Hall–Kier alpha value is -1.59. The predicted molar refractivity (Wildman–Crippen MR) is 77.9 cm³/mol. The second kappa shape index (κ2) is 6.24. The molecular weight excluding hydrogens is 355 g/mol. The van der Waals surface area contributed by atoms with Gasteiger partial charge in [0.15, 0.2) is 0 Å². The summed E-state index contributed by atoms with van der Waals surface area (Å²) in [5.41, 5.74) is 5.33. The number of allylic oxidation sites excluding steroid dienone is 1. The molecule has 0 aliphatic carbocycles. The quantitative estimate of drug-likeness (QED) is 0.474. The molecule has 0 fully saturated rings. The Balaban J connectivity index is 3.03. The molecule has 0 amide bonds. The third kappa shape index (κ3) is 3.95. The fourth-order valence-electron chi connectivity index (χ4n) is 1.33. The van der Waals surface area contributed by atoms with Crippen molar-refractivity contribution in [1.29, 1.82) is 5.26 Å². The number of halogens is 4. The van der Waals surface area contributed by atoms with Crippen molar-refractivity contribution in [2.75, 3.05) is 5.32 Å². The largest absolute Gasteiger partial charge is 0.417 e. The van der Waals surface area contributed by atoms with Gasteiger partial charge < -0.3 is 11.1 Å². The number of hydrogen-bond acceptors (Lipinski definition) is 3. The van der Waals surface area contributed by atoms with Crippen LogP contribution in [0.15, 0.2) is 33.9 Å². The number of anilines is 1. The van der Waals surface area contributed by atoms with Crippen LogP contribution in [0.1, 0.15) is 12.5 Å². The highest BCUT2D eigenvalue weighted by atomic mass is 79.9. The molecule has 1 aromatic rings. The normalized spacial score (nSPS) is 12.4. The topological polar surface area (TPSA) is 61.8 Å². The van der Waals surface area contributed by atoms with Crippen molar-refractivity contribution >= 4 is 38.8 Å². The number of nitrogens with one attached hydrogen (secondary N) is 1. The summed E-state index contributed by atoms with van der Waals surface area (Å²) in [5.74, 6) is 0. The van der Waals surface area contributed by atoms with E-state index in [0.29, 0.717) is 5.69 Å². The van der Waals surface area contributed by atoms with Gasteiger partial charge in [-0.15, -0.1) is 0 Å². The van der Waals surface area contributed by atoms with E-state index in [1.54, 1.807) is 0 Å². The average Bonchev–Trinajstić information content (AvgIpc) is 2.27. The number of nitrogens with two attached hydrogens (primary N) is 1. The van der Waals surface area contributed by atoms with E-state index in [1.165, 1.54) is 19.1 Å². The molecule has 106 valence electrons. The van der Waals surface area contributed by atoms with Crippen LogP contribution in [0.3, 0.4) is 0 Å². The van der Waals surface area contributed by atoms with Crippen molar-refractivity contribution in [3.63, 3.8) is 0 Å². The van der Waals surface area contributed by atoms with Gasteiger partial charge in [0.25, 0.3) is 0 Å². The standard InChI is InChI=1S/C12H9BrF3N3S/c1-6(18)8(5-17)11(20)19-7-2-3-9(10(13)4-7)12(14,15)16/h2-4H,18H2,1H3,(H,19,20)/b8-6+. The zero-order valence-electron chi connectivity index (χ0n) is 10.2. The second-order valence-electron chi connectivity index (χ2n) is 3.82. The minimum atomic E-state index is -4.44. The molecule has 8 heteroatoms. The molecule has 1 rings (SSSR count). The van der Waals surface area contributed by atoms with E-state index in [2.05, 4.69) is 21.2 Å². The fraction of sp³-hybridized carbons (Fsp3) is 0.167. The molecule has 0 spiro atoms. The number of hydrogen-bond donors (Lipinski definition) is 2. The molecule has 0 aliphatic heterocycles. The van der Waals surface area contributed by atoms with Crippen LogP contribution in [0.25, 0.3) is 0 Å². The van der Waals surface area contributed by atoms with Crippen LogP contribution >= 0.6 is 28.1 Å². The SMILES string of the molecule is C/C(N)=C(/C#N)C(=S)Nc1ccc(C(F)(F)F)c(Br)c1. The van der Waals surface area contributed by atoms with Crippen molar-refractivity contribution in [1.82, 2.24) is 0 Å². The highest BCUT2D eigenvalue weighted by Gasteiger charge is 2.32. The zero-order valence-corrected chi connectivity index (χ0v) is 12.6. The fourth-order valence-corrected chi connectivity index (χ4v) is 2.26. The van der Waals surface area contributed by atoms with Gasteiger partial charge in [-0.3, -0.25) is 0 Å². The van der Waals surface area contributed by atoms with Crippen LogP contribution in [0.5, 0.6) is 0 Å². The molecule has 0 aliphatic rings. The minimum absolute atomic E-state index is 0.0548. The molecule has 0 saturated carbocycles. The van der Waals surface area contributed by atoms with Gasteiger partial charge in [-0.1, -0.05) is 28.1 Å². The van der Waals surface area contributed by atoms with E-state index in [-0.39, 0.29) is 20.7 Å². The van der Waals surface area contributed by atoms with Crippen molar-refractivity contribution < 1.29 is 13.2 Å². The lowest BCUT2D eigenvalue weighted by Gasteiger charge is -2.12. The third-order valence-corrected chi connectivity index (χ3v) is 3.23. The summed E-state index contributed by atoms with van der Waals surface area (Å²) in [4.78, 5) is 0.0548. The first-order chi connectivity index (χ1) is 9.16. The second-order valence-corrected chi connectivity index (χ2v) is 5.08. The Bertz CT molecular complexity index is 613. The first-order valence-electron chi connectivity index (χ1n) is 5.21. The lowest BCUT2D eigenvalue weighted by Crippen LogP contribution is -2.15. The lowest BCUT2D eigenvalue weighted by atomic mass is 10.2. The van der Waals surface area contributed by atoms with Crippen molar-refractivity contribution in [2.45, 2.75) is 13.1 Å². The highest BCUT2D eigenvalue weighted by Crippen LogP contribution is 2.36. The smallest absolute Gasteiger partial charge is 0.401 e. The van der Waals surface area contributed by atoms with Crippen LogP contribution < -0.4 is 11.1 Å². The lowest BCUT2D eigenvalue weighted by molar-refractivity contribution is -0.138. The van der Waals surface area contributed by atoms with E-state index in [1.807, 2.05) is 6.07 Å².